The zero-order valence-electron chi connectivity index (χ0n) is 7.00. The minimum atomic E-state index is 0.989. The van der Waals surface area contributed by atoms with E-state index < -0.39 is 0 Å². The number of fused-ring (bicyclic) bond motifs is 3. The Morgan fingerprint density at radius 2 is 2.38 bits per heavy atom. The first kappa shape index (κ1) is 7.15. The van der Waals surface area contributed by atoms with Gasteiger partial charge in [0.25, 0.3) is 0 Å². The lowest BCUT2D eigenvalue weighted by Crippen LogP contribution is -2.01. The fourth-order valence-corrected chi connectivity index (χ4v) is 2.53. The molecule has 3 heterocycles. The third kappa shape index (κ3) is 0.986. The molecule has 0 unspecified atom stereocenters. The second-order valence-electron chi connectivity index (χ2n) is 3.10. The summed E-state index contributed by atoms with van der Waals surface area (Å²) in [5.41, 5.74) is 3.78. The van der Waals surface area contributed by atoms with Gasteiger partial charge in [0.05, 0.1) is 11.2 Å². The maximum Gasteiger partial charge on any atom is 0.0963 e. The van der Waals surface area contributed by atoms with E-state index in [1.807, 2.05) is 6.20 Å². The molecule has 0 bridgehead atoms. The zero-order chi connectivity index (χ0) is 8.67. The Labute approximate surface area is 79.8 Å². The number of thiophene rings is 1. The highest BCUT2D eigenvalue weighted by Gasteiger charge is 2.15. The summed E-state index contributed by atoms with van der Waals surface area (Å²) in [4.78, 5) is 0. The van der Waals surface area contributed by atoms with Crippen LogP contribution in [-0.2, 0) is 6.42 Å². The van der Waals surface area contributed by atoms with Crippen LogP contribution in [0.5, 0.6) is 0 Å². The van der Waals surface area contributed by atoms with Crippen LogP contribution < -0.4 is 5.32 Å². The summed E-state index contributed by atoms with van der Waals surface area (Å²) < 4.78 is 0. The summed E-state index contributed by atoms with van der Waals surface area (Å²) in [7, 11) is 0. The number of aromatic amines is 1. The molecule has 0 atom stereocenters. The Balaban J connectivity index is 2.27. The van der Waals surface area contributed by atoms with Gasteiger partial charge in [-0.25, -0.2) is 0 Å². The molecule has 3 rings (SSSR count). The highest BCUT2D eigenvalue weighted by Crippen LogP contribution is 2.36. The van der Waals surface area contributed by atoms with Gasteiger partial charge in [0.1, 0.15) is 0 Å². The van der Waals surface area contributed by atoms with Crippen LogP contribution in [0.2, 0.25) is 0 Å². The Bertz CT molecular complexity index is 389. The number of anilines is 1. The monoisotopic (exact) mass is 191 g/mol. The van der Waals surface area contributed by atoms with E-state index in [0.29, 0.717) is 0 Å². The summed E-state index contributed by atoms with van der Waals surface area (Å²) >= 11 is 1.75. The van der Waals surface area contributed by atoms with Crippen LogP contribution in [0.1, 0.15) is 5.69 Å². The predicted molar refractivity (Wildman–Crippen MR) is 54.1 cm³/mol. The molecule has 4 heteroatoms. The van der Waals surface area contributed by atoms with Gasteiger partial charge >= 0.3 is 0 Å². The second-order valence-corrected chi connectivity index (χ2v) is 4.02. The molecule has 66 valence electrons. The van der Waals surface area contributed by atoms with Gasteiger partial charge in [-0.1, -0.05) is 0 Å². The zero-order valence-corrected chi connectivity index (χ0v) is 7.82. The van der Waals surface area contributed by atoms with Crippen LogP contribution in [0.15, 0.2) is 17.6 Å². The summed E-state index contributed by atoms with van der Waals surface area (Å²) in [5, 5.41) is 13.9. The first-order valence-electron chi connectivity index (χ1n) is 4.29. The number of hydrogen-bond acceptors (Lipinski definition) is 3. The first-order chi connectivity index (χ1) is 6.45. The van der Waals surface area contributed by atoms with Crippen molar-refractivity contribution in [3.63, 3.8) is 0 Å². The lowest BCUT2D eigenvalue weighted by Gasteiger charge is -1.98. The average molecular weight is 191 g/mol. The molecule has 0 aromatic carbocycles. The lowest BCUT2D eigenvalue weighted by molar-refractivity contribution is 0.938. The molecule has 0 fully saturated rings. The molecule has 1 aliphatic heterocycles. The van der Waals surface area contributed by atoms with Gasteiger partial charge < -0.3 is 5.32 Å². The first-order valence-corrected chi connectivity index (χ1v) is 5.17. The Morgan fingerprint density at radius 1 is 1.38 bits per heavy atom. The molecule has 3 nitrogen and oxygen atoms in total. The molecular formula is C9H9N3S. The fraction of sp³-hybridized carbons (Fsp3) is 0.222. The number of nitrogens with zero attached hydrogens (tertiary/aromatic N) is 1. The number of hydrogen-bond donors (Lipinski definition) is 2. The quantitative estimate of drug-likeness (QED) is 0.669. The Kier molecular flexibility index (Phi) is 1.43. The summed E-state index contributed by atoms with van der Waals surface area (Å²) in [5.74, 6) is 0. The predicted octanol–water partition coefficient (Wildman–Crippen LogP) is 2.11. The average Bonchev–Trinajstić information content (AvgIpc) is 2.72. The van der Waals surface area contributed by atoms with E-state index >= 15 is 0 Å². The van der Waals surface area contributed by atoms with Crippen molar-refractivity contribution in [1.82, 2.24) is 10.2 Å². The largest absolute Gasteiger partial charge is 0.376 e. The molecule has 0 spiro atoms. The number of H-pyrrole nitrogens is 1. The summed E-state index contributed by atoms with van der Waals surface area (Å²) in [6.45, 7) is 0.989. The van der Waals surface area contributed by atoms with Gasteiger partial charge in [0, 0.05) is 29.8 Å². The molecule has 13 heavy (non-hydrogen) atoms. The van der Waals surface area contributed by atoms with E-state index in [1.54, 1.807) is 11.3 Å². The summed E-state index contributed by atoms with van der Waals surface area (Å²) in [6, 6.07) is 2.15. The van der Waals surface area contributed by atoms with E-state index in [4.69, 9.17) is 0 Å². The molecule has 0 amide bonds. The van der Waals surface area contributed by atoms with Gasteiger partial charge in [0.2, 0.25) is 0 Å². The second kappa shape index (κ2) is 2.60. The number of nitrogens with one attached hydrogen (secondary N) is 2. The van der Waals surface area contributed by atoms with Crippen LogP contribution in [-0.4, -0.2) is 16.7 Å². The van der Waals surface area contributed by atoms with Gasteiger partial charge in [-0.05, 0) is 11.4 Å². The fourth-order valence-electron chi connectivity index (χ4n) is 1.69. The van der Waals surface area contributed by atoms with Crippen molar-refractivity contribution in [3.05, 3.63) is 23.3 Å². The normalized spacial score (nSPS) is 14.2. The van der Waals surface area contributed by atoms with Gasteiger partial charge in [0.15, 0.2) is 0 Å². The molecule has 2 aromatic rings. The molecule has 1 aliphatic rings. The molecule has 2 aromatic heterocycles. The third-order valence-electron chi connectivity index (χ3n) is 2.33. The van der Waals surface area contributed by atoms with Crippen LogP contribution in [0.25, 0.3) is 11.1 Å². The minimum absolute atomic E-state index is 0.989. The van der Waals surface area contributed by atoms with Crippen molar-refractivity contribution >= 4 is 16.3 Å². The van der Waals surface area contributed by atoms with E-state index in [0.717, 1.165) is 13.0 Å². The molecule has 0 saturated heterocycles. The third-order valence-corrected chi connectivity index (χ3v) is 3.21. The lowest BCUT2D eigenvalue weighted by atomic mass is 10.1. The van der Waals surface area contributed by atoms with Crippen LogP contribution >= 0.6 is 11.3 Å². The summed E-state index contributed by atoms with van der Waals surface area (Å²) in [6.07, 6.45) is 2.94. The SMILES string of the molecule is c1cc2c(s1)NCCc1[nH]ncc1-2. The Morgan fingerprint density at radius 3 is 3.38 bits per heavy atom. The van der Waals surface area contributed by atoms with Crippen LogP contribution in [0.4, 0.5) is 5.00 Å². The van der Waals surface area contributed by atoms with Gasteiger partial charge in [-0.2, -0.15) is 5.10 Å². The number of rotatable bonds is 0. The molecule has 0 aliphatic carbocycles. The van der Waals surface area contributed by atoms with E-state index in [1.165, 1.54) is 21.8 Å². The van der Waals surface area contributed by atoms with Crippen LogP contribution in [0, 0.1) is 0 Å². The highest BCUT2D eigenvalue weighted by molar-refractivity contribution is 7.14. The number of aromatic nitrogens is 2. The topological polar surface area (TPSA) is 40.7 Å². The minimum Gasteiger partial charge on any atom is -0.376 e. The van der Waals surface area contributed by atoms with Crippen molar-refractivity contribution in [1.29, 1.82) is 0 Å². The maximum absolute atomic E-state index is 4.08. The van der Waals surface area contributed by atoms with Crippen molar-refractivity contribution < 1.29 is 0 Å². The van der Waals surface area contributed by atoms with Gasteiger partial charge in [-0.15, -0.1) is 11.3 Å². The van der Waals surface area contributed by atoms with Crippen molar-refractivity contribution in [3.8, 4) is 11.1 Å². The smallest absolute Gasteiger partial charge is 0.0963 e. The maximum atomic E-state index is 4.08. The molecule has 0 saturated carbocycles. The van der Waals surface area contributed by atoms with Crippen molar-refractivity contribution in [2.24, 2.45) is 0 Å². The van der Waals surface area contributed by atoms with Crippen molar-refractivity contribution in [2.45, 2.75) is 6.42 Å². The molecular weight excluding hydrogens is 182 g/mol. The molecule has 0 radical (unpaired) electrons. The highest BCUT2D eigenvalue weighted by atomic mass is 32.1. The van der Waals surface area contributed by atoms with E-state index in [-0.39, 0.29) is 0 Å². The van der Waals surface area contributed by atoms with Gasteiger partial charge in [-0.3, -0.25) is 5.10 Å². The Hall–Kier alpha value is -1.29. The van der Waals surface area contributed by atoms with E-state index in [2.05, 4.69) is 27.0 Å². The molecule has 2 N–H and O–H groups in total. The van der Waals surface area contributed by atoms with Crippen molar-refractivity contribution in [2.75, 3.05) is 11.9 Å². The van der Waals surface area contributed by atoms with Crippen LogP contribution in [0.3, 0.4) is 0 Å². The van der Waals surface area contributed by atoms with E-state index in [9.17, 15) is 0 Å². The standard InChI is InChI=1S/C9H9N3S/c1-3-10-9-6(2-4-13-9)7-5-11-12-8(1)7/h2,4-5,10H,1,3H2,(H,11,12).